The highest BCUT2D eigenvalue weighted by molar-refractivity contribution is 7.10. The molecule has 1 aliphatic rings. The van der Waals surface area contributed by atoms with Gasteiger partial charge in [0.2, 0.25) is 0 Å². The SMILES string of the molecule is C[C@H]1O[C@H](COP)C(OP)C1(F)F. The van der Waals surface area contributed by atoms with E-state index in [1.54, 1.807) is 0 Å². The molecule has 0 aromatic carbocycles. The second-order valence-electron chi connectivity index (χ2n) is 2.88. The summed E-state index contributed by atoms with van der Waals surface area (Å²) in [4.78, 5) is 0. The fraction of sp³-hybridized carbons (Fsp3) is 1.00. The first-order chi connectivity index (χ1) is 6.04. The Labute approximate surface area is 80.1 Å². The highest BCUT2D eigenvalue weighted by atomic mass is 31.0. The van der Waals surface area contributed by atoms with Crippen LogP contribution < -0.4 is 0 Å². The van der Waals surface area contributed by atoms with Crippen molar-refractivity contribution in [2.45, 2.75) is 31.2 Å². The van der Waals surface area contributed by atoms with Crippen LogP contribution >= 0.6 is 18.9 Å². The molecule has 3 unspecified atom stereocenters. The van der Waals surface area contributed by atoms with Crippen LogP contribution in [-0.4, -0.2) is 30.8 Å². The standard InChI is InChI=1S/C6H12F2O3P2/c1-3-6(7,8)5(11-13)4(10-3)2-9-12/h3-5H,2,12-13H2,1H3/t3-,4-,5?/m1/s1. The van der Waals surface area contributed by atoms with Crippen molar-refractivity contribution in [3.05, 3.63) is 0 Å². The summed E-state index contributed by atoms with van der Waals surface area (Å²) in [6.07, 6.45) is -3.11. The van der Waals surface area contributed by atoms with Gasteiger partial charge in [-0.2, -0.15) is 0 Å². The summed E-state index contributed by atoms with van der Waals surface area (Å²) >= 11 is 0. The second-order valence-corrected chi connectivity index (χ2v) is 3.49. The Hall–Kier alpha value is 0.600. The first-order valence-corrected chi connectivity index (χ1v) is 4.68. The van der Waals surface area contributed by atoms with Gasteiger partial charge in [-0.3, -0.25) is 0 Å². The highest BCUT2D eigenvalue weighted by Crippen LogP contribution is 2.39. The number of rotatable bonds is 3. The third-order valence-corrected chi connectivity index (χ3v) is 2.53. The molecule has 1 rings (SSSR count). The van der Waals surface area contributed by atoms with Crippen molar-refractivity contribution in [2.75, 3.05) is 6.61 Å². The van der Waals surface area contributed by atoms with E-state index in [1.165, 1.54) is 6.92 Å². The number of hydrogen-bond acceptors (Lipinski definition) is 3. The zero-order chi connectivity index (χ0) is 10.1. The zero-order valence-electron chi connectivity index (χ0n) is 7.07. The fourth-order valence-corrected chi connectivity index (χ4v) is 1.85. The lowest BCUT2D eigenvalue weighted by molar-refractivity contribution is -0.0942. The summed E-state index contributed by atoms with van der Waals surface area (Å²) in [5.41, 5.74) is 0. The van der Waals surface area contributed by atoms with Gasteiger partial charge in [-0.05, 0) is 6.92 Å². The number of ether oxygens (including phenoxy) is 1. The minimum atomic E-state index is -2.96. The maximum absolute atomic E-state index is 13.3. The van der Waals surface area contributed by atoms with Crippen LogP contribution in [0.1, 0.15) is 6.92 Å². The summed E-state index contributed by atoms with van der Waals surface area (Å²) in [6.45, 7) is 1.39. The van der Waals surface area contributed by atoms with Crippen molar-refractivity contribution in [3.8, 4) is 0 Å². The molecule has 13 heavy (non-hydrogen) atoms. The number of halogens is 2. The van der Waals surface area contributed by atoms with E-state index in [4.69, 9.17) is 4.74 Å². The Morgan fingerprint density at radius 1 is 1.46 bits per heavy atom. The van der Waals surface area contributed by atoms with E-state index in [0.717, 1.165) is 0 Å². The Bertz CT molecular complexity index is 181. The maximum atomic E-state index is 13.3. The molecule has 0 spiro atoms. The molecule has 1 fully saturated rings. The van der Waals surface area contributed by atoms with Crippen molar-refractivity contribution in [3.63, 3.8) is 0 Å². The molecule has 78 valence electrons. The summed E-state index contributed by atoms with van der Waals surface area (Å²) in [7, 11) is 3.82. The van der Waals surface area contributed by atoms with Crippen LogP contribution in [0.4, 0.5) is 8.78 Å². The van der Waals surface area contributed by atoms with E-state index in [2.05, 4.69) is 9.05 Å². The molecule has 0 bridgehead atoms. The molecule has 0 N–H and O–H groups in total. The number of hydrogen-bond donors (Lipinski definition) is 0. The van der Waals surface area contributed by atoms with E-state index < -0.39 is 24.2 Å². The van der Waals surface area contributed by atoms with Crippen LogP contribution in [0.25, 0.3) is 0 Å². The molecule has 0 saturated carbocycles. The summed E-state index contributed by atoms with van der Waals surface area (Å²) in [6, 6.07) is 0. The molecule has 3 nitrogen and oxygen atoms in total. The van der Waals surface area contributed by atoms with Gasteiger partial charge >= 0.3 is 5.92 Å². The minimum Gasteiger partial charge on any atom is -0.364 e. The van der Waals surface area contributed by atoms with Crippen LogP contribution in [0.5, 0.6) is 0 Å². The first kappa shape index (κ1) is 11.7. The van der Waals surface area contributed by atoms with E-state index in [1.807, 2.05) is 18.9 Å². The predicted molar refractivity (Wildman–Crippen MR) is 49.5 cm³/mol. The molecular formula is C6H12F2O3P2. The van der Waals surface area contributed by atoms with Gasteiger partial charge < -0.3 is 13.8 Å². The van der Waals surface area contributed by atoms with Crippen molar-refractivity contribution in [1.29, 1.82) is 0 Å². The molecule has 0 amide bonds. The maximum Gasteiger partial charge on any atom is 0.301 e. The molecule has 1 heterocycles. The molecule has 0 aliphatic carbocycles. The monoisotopic (exact) mass is 232 g/mol. The van der Waals surface area contributed by atoms with Crippen molar-refractivity contribution >= 4 is 18.9 Å². The van der Waals surface area contributed by atoms with Crippen LogP contribution in [-0.2, 0) is 13.8 Å². The Morgan fingerprint density at radius 2 is 2.08 bits per heavy atom. The van der Waals surface area contributed by atoms with Gasteiger partial charge in [0.15, 0.2) is 6.10 Å². The van der Waals surface area contributed by atoms with Crippen LogP contribution in [0.2, 0.25) is 0 Å². The zero-order valence-corrected chi connectivity index (χ0v) is 9.38. The lowest BCUT2D eigenvalue weighted by Crippen LogP contribution is -2.40. The van der Waals surface area contributed by atoms with Gasteiger partial charge in [0.05, 0.1) is 6.61 Å². The average molecular weight is 232 g/mol. The van der Waals surface area contributed by atoms with Crippen molar-refractivity contribution in [2.24, 2.45) is 0 Å². The quantitative estimate of drug-likeness (QED) is 0.688. The minimum absolute atomic E-state index is 0.0731. The summed E-state index contributed by atoms with van der Waals surface area (Å²) in [5, 5.41) is 0. The van der Waals surface area contributed by atoms with E-state index in [9.17, 15) is 8.78 Å². The van der Waals surface area contributed by atoms with Gasteiger partial charge in [-0.25, -0.2) is 8.78 Å². The Balaban J connectivity index is 2.70. The van der Waals surface area contributed by atoms with Crippen LogP contribution in [0.3, 0.4) is 0 Å². The molecular weight excluding hydrogens is 220 g/mol. The van der Waals surface area contributed by atoms with Gasteiger partial charge in [-0.1, -0.05) is 0 Å². The van der Waals surface area contributed by atoms with E-state index >= 15 is 0 Å². The largest absolute Gasteiger partial charge is 0.364 e. The van der Waals surface area contributed by atoms with Crippen molar-refractivity contribution in [1.82, 2.24) is 0 Å². The third kappa shape index (κ3) is 2.16. The van der Waals surface area contributed by atoms with Crippen LogP contribution in [0.15, 0.2) is 0 Å². The summed E-state index contributed by atoms with van der Waals surface area (Å²) < 4.78 is 40.8. The topological polar surface area (TPSA) is 27.7 Å². The first-order valence-electron chi connectivity index (χ1n) is 3.74. The highest BCUT2D eigenvalue weighted by Gasteiger charge is 2.57. The molecule has 1 aliphatic heterocycles. The Kier molecular flexibility index (Phi) is 3.96. The molecule has 0 aromatic heterocycles. The summed E-state index contributed by atoms with van der Waals surface area (Å²) in [5.74, 6) is -2.96. The molecule has 7 heteroatoms. The predicted octanol–water partition coefficient (Wildman–Crippen LogP) is 1.39. The van der Waals surface area contributed by atoms with Gasteiger partial charge in [-0.15, -0.1) is 0 Å². The lowest BCUT2D eigenvalue weighted by atomic mass is 10.1. The van der Waals surface area contributed by atoms with Gasteiger partial charge in [0, 0.05) is 18.9 Å². The van der Waals surface area contributed by atoms with Gasteiger partial charge in [0.1, 0.15) is 12.2 Å². The normalized spacial score (nSPS) is 38.1. The molecule has 0 radical (unpaired) electrons. The Morgan fingerprint density at radius 3 is 2.54 bits per heavy atom. The van der Waals surface area contributed by atoms with Crippen molar-refractivity contribution < 1.29 is 22.6 Å². The van der Waals surface area contributed by atoms with Crippen LogP contribution in [0, 0.1) is 0 Å². The third-order valence-electron chi connectivity index (χ3n) is 2.05. The van der Waals surface area contributed by atoms with Gasteiger partial charge in [0.25, 0.3) is 0 Å². The number of alkyl halides is 2. The fourth-order valence-electron chi connectivity index (χ4n) is 1.30. The van der Waals surface area contributed by atoms with E-state index in [-0.39, 0.29) is 6.61 Å². The smallest absolute Gasteiger partial charge is 0.301 e. The molecule has 0 aromatic rings. The second kappa shape index (κ2) is 4.41. The molecule has 5 atom stereocenters. The lowest BCUT2D eigenvalue weighted by Gasteiger charge is -2.20. The van der Waals surface area contributed by atoms with E-state index in [0.29, 0.717) is 0 Å². The average Bonchev–Trinajstić information content (AvgIpc) is 2.24. The molecule has 1 saturated heterocycles.